The average Bonchev–Trinajstić information content (AvgIpc) is 3.77. The lowest BCUT2D eigenvalue weighted by Gasteiger charge is -2.26. The van der Waals surface area contributed by atoms with Crippen molar-refractivity contribution >= 4 is 29.0 Å². The third kappa shape index (κ3) is 4.96. The van der Waals surface area contributed by atoms with Crippen molar-refractivity contribution in [1.29, 1.82) is 0 Å². The van der Waals surface area contributed by atoms with E-state index in [-0.39, 0.29) is 11.6 Å². The zero-order valence-electron chi connectivity index (χ0n) is 22.1. The number of imidazole rings is 2. The van der Waals surface area contributed by atoms with Crippen LogP contribution in [0.1, 0.15) is 24.5 Å². The van der Waals surface area contributed by atoms with Crippen LogP contribution in [0.4, 0.5) is 11.6 Å². The molecule has 0 aliphatic carbocycles. The molecule has 0 saturated heterocycles. The summed E-state index contributed by atoms with van der Waals surface area (Å²) in [5, 5.41) is 11.8. The van der Waals surface area contributed by atoms with Crippen LogP contribution in [0, 0.1) is 10.1 Å². The number of nitrogens with zero attached hydrogens (tertiary/aromatic N) is 7. The monoisotopic (exact) mass is 547 g/mol. The second-order valence-corrected chi connectivity index (χ2v) is 9.38. The lowest BCUT2D eigenvalue weighted by Crippen LogP contribution is -2.31. The molecule has 0 radical (unpaired) electrons. The molecule has 1 atom stereocenters. The van der Waals surface area contributed by atoms with Gasteiger partial charge in [-0.3, -0.25) is 24.8 Å². The molecule has 4 heterocycles. The quantitative estimate of drug-likeness (QED) is 0.121. The molecule has 41 heavy (non-hydrogen) atoms. The molecule has 1 amide bonds. The van der Waals surface area contributed by atoms with Gasteiger partial charge in [-0.25, -0.2) is 9.97 Å². The lowest BCUT2D eigenvalue weighted by atomic mass is 10.1. The van der Waals surface area contributed by atoms with Crippen LogP contribution >= 0.6 is 0 Å². The minimum Gasteiger partial charge on any atom is -0.440 e. The van der Waals surface area contributed by atoms with Crippen LogP contribution in [0.25, 0.3) is 27.9 Å². The number of nitro groups is 1. The van der Waals surface area contributed by atoms with Gasteiger partial charge in [0.15, 0.2) is 0 Å². The number of pyridine rings is 1. The first-order valence-corrected chi connectivity index (χ1v) is 13.0. The Hall–Kier alpha value is -5.58. The predicted octanol–water partition coefficient (Wildman–Crippen LogP) is 5.75. The van der Waals surface area contributed by atoms with Gasteiger partial charge in [0.2, 0.25) is 12.3 Å². The third-order valence-electron chi connectivity index (χ3n) is 7.00. The zero-order chi connectivity index (χ0) is 28.3. The van der Waals surface area contributed by atoms with Crippen molar-refractivity contribution in [3.05, 3.63) is 119 Å². The number of hydrogen-bond donors (Lipinski definition) is 0. The van der Waals surface area contributed by atoms with Gasteiger partial charge >= 0.3 is 0 Å². The fourth-order valence-corrected chi connectivity index (χ4v) is 5.00. The van der Waals surface area contributed by atoms with E-state index in [2.05, 4.69) is 14.5 Å². The molecule has 6 aromatic rings. The van der Waals surface area contributed by atoms with Gasteiger partial charge in [0.05, 0.1) is 23.1 Å². The van der Waals surface area contributed by atoms with E-state index in [4.69, 9.17) is 9.40 Å². The summed E-state index contributed by atoms with van der Waals surface area (Å²) < 4.78 is 10.0. The van der Waals surface area contributed by atoms with Gasteiger partial charge < -0.3 is 13.6 Å². The summed E-state index contributed by atoms with van der Waals surface area (Å²) in [5.41, 5.74) is 4.01. The lowest BCUT2D eigenvalue weighted by molar-refractivity contribution is -0.384. The van der Waals surface area contributed by atoms with Crippen LogP contribution in [0.3, 0.4) is 0 Å². The summed E-state index contributed by atoms with van der Waals surface area (Å²) in [4.78, 5) is 38.4. The van der Waals surface area contributed by atoms with E-state index in [9.17, 15) is 14.9 Å². The maximum absolute atomic E-state index is 12.7. The Bertz CT molecular complexity index is 1810. The van der Waals surface area contributed by atoms with E-state index in [1.807, 2.05) is 66.3 Å². The first-order valence-electron chi connectivity index (χ1n) is 13.0. The topological polar surface area (TPSA) is 125 Å². The Balaban J connectivity index is 1.42. The van der Waals surface area contributed by atoms with Gasteiger partial charge in [-0.2, -0.15) is 0 Å². The van der Waals surface area contributed by atoms with E-state index in [1.165, 1.54) is 23.1 Å². The minimum absolute atomic E-state index is 0.0576. The minimum atomic E-state index is -0.572. The summed E-state index contributed by atoms with van der Waals surface area (Å²) in [6.45, 7) is 2.63. The highest BCUT2D eigenvalue weighted by molar-refractivity contribution is 5.86. The van der Waals surface area contributed by atoms with Gasteiger partial charge in [-0.05, 0) is 42.8 Å². The van der Waals surface area contributed by atoms with Crippen LogP contribution in [-0.2, 0) is 17.8 Å². The average molecular weight is 548 g/mol. The second kappa shape index (κ2) is 10.9. The van der Waals surface area contributed by atoms with E-state index >= 15 is 0 Å². The number of carbonyl (C=O) groups excluding carboxylic acids is 1. The van der Waals surface area contributed by atoms with E-state index < -0.39 is 11.0 Å². The van der Waals surface area contributed by atoms with Crippen molar-refractivity contribution < 1.29 is 14.1 Å². The molecule has 2 aromatic carbocycles. The smallest absolute Gasteiger partial charge is 0.270 e. The van der Waals surface area contributed by atoms with Crippen molar-refractivity contribution in [2.75, 3.05) is 4.90 Å². The van der Waals surface area contributed by atoms with Crippen molar-refractivity contribution in [3.63, 3.8) is 0 Å². The predicted molar refractivity (Wildman–Crippen MR) is 153 cm³/mol. The Labute approximate surface area is 234 Å². The van der Waals surface area contributed by atoms with Crippen molar-refractivity contribution in [3.8, 4) is 16.9 Å². The van der Waals surface area contributed by atoms with Gasteiger partial charge in [0, 0.05) is 66.5 Å². The molecule has 0 fully saturated rings. The fourth-order valence-electron chi connectivity index (χ4n) is 5.00. The summed E-state index contributed by atoms with van der Waals surface area (Å²) in [7, 11) is 0. The second-order valence-electron chi connectivity index (χ2n) is 9.38. The molecule has 0 aliphatic heterocycles. The van der Waals surface area contributed by atoms with Crippen LogP contribution in [0.5, 0.6) is 0 Å². The van der Waals surface area contributed by atoms with E-state index in [1.54, 1.807) is 24.8 Å². The molecule has 0 aliphatic rings. The number of amides is 1. The first-order chi connectivity index (χ1) is 20.1. The van der Waals surface area contributed by atoms with Crippen molar-refractivity contribution in [2.24, 2.45) is 0 Å². The Morgan fingerprint density at radius 3 is 2.61 bits per heavy atom. The number of aromatic nitrogens is 5. The maximum atomic E-state index is 12.7. The molecule has 4 aromatic heterocycles. The van der Waals surface area contributed by atoms with Crippen LogP contribution in [0.2, 0.25) is 0 Å². The van der Waals surface area contributed by atoms with Gasteiger partial charge in [-0.1, -0.05) is 18.2 Å². The first kappa shape index (κ1) is 25.7. The zero-order valence-corrected chi connectivity index (χ0v) is 22.1. The number of benzene rings is 2. The highest BCUT2D eigenvalue weighted by atomic mass is 16.6. The largest absolute Gasteiger partial charge is 0.440 e. The number of carbonyl (C=O) groups is 1. The van der Waals surface area contributed by atoms with Crippen molar-refractivity contribution in [2.45, 2.75) is 25.9 Å². The molecule has 11 nitrogen and oxygen atoms in total. The summed E-state index contributed by atoms with van der Waals surface area (Å²) in [5.74, 6) is 0.915. The highest BCUT2D eigenvalue weighted by Gasteiger charge is 2.29. The summed E-state index contributed by atoms with van der Waals surface area (Å²) in [6, 6.07) is 19.1. The van der Waals surface area contributed by atoms with Gasteiger partial charge in [0.1, 0.15) is 17.4 Å². The van der Waals surface area contributed by atoms with Crippen molar-refractivity contribution in [1.82, 2.24) is 24.1 Å². The van der Waals surface area contributed by atoms with Crippen LogP contribution in [-0.4, -0.2) is 35.4 Å². The van der Waals surface area contributed by atoms with Gasteiger partial charge in [0.25, 0.3) is 5.69 Å². The number of hydrogen-bond acceptors (Lipinski definition) is 7. The summed E-state index contributed by atoms with van der Waals surface area (Å²) >= 11 is 0. The third-order valence-corrected chi connectivity index (χ3v) is 7.00. The molecule has 0 unspecified atom stereocenters. The maximum Gasteiger partial charge on any atom is 0.270 e. The molecule has 0 bridgehead atoms. The molecule has 0 spiro atoms. The normalized spacial score (nSPS) is 11.9. The van der Waals surface area contributed by atoms with E-state index in [0.717, 1.165) is 22.6 Å². The van der Waals surface area contributed by atoms with E-state index in [0.29, 0.717) is 36.2 Å². The van der Waals surface area contributed by atoms with Crippen LogP contribution in [0.15, 0.2) is 102 Å². The Morgan fingerprint density at radius 2 is 1.93 bits per heavy atom. The SMILES string of the molecule is CCn1c(-c2ccc(-n3ccnc3)cc2)cnc1[C@H](Cc1ccccn1)N(C=O)c1cc2cc([N+](=O)[O-])ccc2o1. The number of furan rings is 1. The number of anilines is 1. The summed E-state index contributed by atoms with van der Waals surface area (Å²) in [6.07, 6.45) is 9.95. The molecule has 0 saturated carbocycles. The Morgan fingerprint density at radius 1 is 1.07 bits per heavy atom. The number of nitro benzene ring substituents is 1. The fraction of sp³-hybridized carbons (Fsp3) is 0.133. The standard InChI is InChI=1S/C30H25N7O4/c1-2-35-27(21-6-8-24(9-7-21)34-14-13-31-19-34)18-33-30(35)26(17-23-5-3-4-12-32-23)36(20-38)29-16-22-15-25(37(39)40)10-11-28(22)41-29/h3-16,18-20,26H,2,17H2,1H3/t26-/m0/s1. The number of fused-ring (bicyclic) bond motifs is 1. The highest BCUT2D eigenvalue weighted by Crippen LogP contribution is 2.35. The molecular formula is C30H25N7O4. The number of rotatable bonds is 10. The molecule has 11 heteroatoms. The van der Waals surface area contributed by atoms with Gasteiger partial charge in [-0.15, -0.1) is 0 Å². The van der Waals surface area contributed by atoms with Crippen LogP contribution < -0.4 is 4.90 Å². The molecule has 204 valence electrons. The molecular weight excluding hydrogens is 522 g/mol. The Kier molecular flexibility index (Phi) is 6.82. The molecule has 0 N–H and O–H groups in total. The molecule has 6 rings (SSSR count). The number of non-ortho nitro benzene ring substituents is 1.